The van der Waals surface area contributed by atoms with Crippen LogP contribution in [0, 0.1) is 0 Å². The van der Waals surface area contributed by atoms with Crippen molar-refractivity contribution in [2.45, 2.75) is 45.6 Å². The third kappa shape index (κ3) is 4.96. The number of hydrogen-bond acceptors (Lipinski definition) is 3. The molecule has 2 N–H and O–H groups in total. The molecule has 1 aromatic rings. The van der Waals surface area contributed by atoms with E-state index in [1.807, 2.05) is 31.2 Å². The molecule has 0 amide bonds. The van der Waals surface area contributed by atoms with Crippen molar-refractivity contribution >= 4 is 9.84 Å². The summed E-state index contributed by atoms with van der Waals surface area (Å²) in [5.41, 5.74) is 8.19. The van der Waals surface area contributed by atoms with Gasteiger partial charge in [0.15, 0.2) is 9.84 Å². The van der Waals surface area contributed by atoms with Crippen LogP contribution in [0.2, 0.25) is 0 Å². The summed E-state index contributed by atoms with van der Waals surface area (Å²) in [6, 6.07) is 7.49. The van der Waals surface area contributed by atoms with Gasteiger partial charge in [0.05, 0.1) is 5.75 Å². The molecule has 0 spiro atoms. The van der Waals surface area contributed by atoms with Crippen LogP contribution in [0.5, 0.6) is 0 Å². The number of benzene rings is 1. The summed E-state index contributed by atoms with van der Waals surface area (Å²) < 4.78 is 23.5. The lowest BCUT2D eigenvalue weighted by Gasteiger charge is -2.20. The largest absolute Gasteiger partial charge is 0.323 e. The van der Waals surface area contributed by atoms with E-state index in [0.29, 0.717) is 6.42 Å². The lowest BCUT2D eigenvalue weighted by atomic mass is 9.86. The SMILES string of the molecule is CCCS(=O)(=O)CC(N)c1ccc(C(C)(C)C)cc1. The van der Waals surface area contributed by atoms with Gasteiger partial charge in [0, 0.05) is 11.8 Å². The zero-order valence-corrected chi connectivity index (χ0v) is 13.1. The van der Waals surface area contributed by atoms with Crippen LogP contribution in [0.3, 0.4) is 0 Å². The van der Waals surface area contributed by atoms with Gasteiger partial charge in [-0.05, 0) is 23.0 Å². The van der Waals surface area contributed by atoms with Crippen LogP contribution in [0.4, 0.5) is 0 Å². The number of rotatable bonds is 5. The minimum Gasteiger partial charge on any atom is -0.323 e. The maximum absolute atomic E-state index is 11.8. The van der Waals surface area contributed by atoms with Gasteiger partial charge in [-0.3, -0.25) is 0 Å². The van der Waals surface area contributed by atoms with Crippen molar-refractivity contribution < 1.29 is 8.42 Å². The highest BCUT2D eigenvalue weighted by atomic mass is 32.2. The lowest BCUT2D eigenvalue weighted by Crippen LogP contribution is -2.23. The molecule has 0 bridgehead atoms. The fraction of sp³-hybridized carbons (Fsp3) is 0.600. The first-order valence-electron chi connectivity index (χ1n) is 6.72. The highest BCUT2D eigenvalue weighted by Gasteiger charge is 2.18. The van der Waals surface area contributed by atoms with Gasteiger partial charge < -0.3 is 5.73 Å². The first-order chi connectivity index (χ1) is 8.65. The smallest absolute Gasteiger partial charge is 0.152 e. The number of sulfone groups is 1. The summed E-state index contributed by atoms with van der Waals surface area (Å²) in [5, 5.41) is 0. The number of hydrogen-bond donors (Lipinski definition) is 1. The Morgan fingerprint density at radius 1 is 1.16 bits per heavy atom. The first kappa shape index (κ1) is 16.2. The standard InChI is InChI=1S/C15H25NO2S/c1-5-10-19(17,18)11-14(16)12-6-8-13(9-7-12)15(2,3)4/h6-9,14H,5,10-11,16H2,1-4H3. The molecule has 0 fully saturated rings. The van der Waals surface area contributed by atoms with Crippen LogP contribution in [-0.2, 0) is 15.3 Å². The van der Waals surface area contributed by atoms with E-state index in [9.17, 15) is 8.42 Å². The summed E-state index contributed by atoms with van der Waals surface area (Å²) >= 11 is 0. The average molecular weight is 283 g/mol. The molecule has 1 rings (SSSR count). The van der Waals surface area contributed by atoms with Gasteiger partial charge in [-0.15, -0.1) is 0 Å². The molecule has 1 aromatic carbocycles. The first-order valence-corrected chi connectivity index (χ1v) is 8.54. The van der Waals surface area contributed by atoms with E-state index in [1.165, 1.54) is 5.56 Å². The Hall–Kier alpha value is -0.870. The molecule has 1 atom stereocenters. The zero-order chi connectivity index (χ0) is 14.7. The Labute approximate surface area is 117 Å². The van der Waals surface area contributed by atoms with Crippen molar-refractivity contribution in [2.24, 2.45) is 5.73 Å². The Morgan fingerprint density at radius 2 is 1.68 bits per heavy atom. The Morgan fingerprint density at radius 3 is 2.11 bits per heavy atom. The molecule has 3 nitrogen and oxygen atoms in total. The van der Waals surface area contributed by atoms with Gasteiger partial charge in [0.1, 0.15) is 0 Å². The minimum absolute atomic E-state index is 0.0235. The molecule has 0 aromatic heterocycles. The van der Waals surface area contributed by atoms with Crippen molar-refractivity contribution in [3.05, 3.63) is 35.4 Å². The summed E-state index contributed by atoms with van der Waals surface area (Å²) in [6.07, 6.45) is 0.637. The van der Waals surface area contributed by atoms with Crippen molar-refractivity contribution in [3.8, 4) is 0 Å². The third-order valence-corrected chi connectivity index (χ3v) is 5.05. The van der Waals surface area contributed by atoms with Crippen molar-refractivity contribution in [1.82, 2.24) is 0 Å². The van der Waals surface area contributed by atoms with Gasteiger partial charge >= 0.3 is 0 Å². The molecule has 19 heavy (non-hydrogen) atoms. The lowest BCUT2D eigenvalue weighted by molar-refractivity contribution is 0.584. The van der Waals surface area contributed by atoms with Gasteiger partial charge in [-0.1, -0.05) is 52.0 Å². The highest BCUT2D eigenvalue weighted by Crippen LogP contribution is 2.23. The average Bonchev–Trinajstić information content (AvgIpc) is 2.27. The molecule has 0 radical (unpaired) electrons. The van der Waals surface area contributed by atoms with E-state index in [-0.39, 0.29) is 16.9 Å². The quantitative estimate of drug-likeness (QED) is 0.904. The van der Waals surface area contributed by atoms with Gasteiger partial charge in [0.25, 0.3) is 0 Å². The topological polar surface area (TPSA) is 60.2 Å². The molecule has 4 heteroatoms. The van der Waals surface area contributed by atoms with E-state index in [4.69, 9.17) is 5.73 Å². The highest BCUT2D eigenvalue weighted by molar-refractivity contribution is 7.91. The van der Waals surface area contributed by atoms with Crippen LogP contribution >= 0.6 is 0 Å². The normalized spacial score (nSPS) is 14.4. The minimum atomic E-state index is -3.04. The second-order valence-electron chi connectivity index (χ2n) is 6.09. The molecule has 0 aliphatic carbocycles. The predicted molar refractivity (Wildman–Crippen MR) is 81.0 cm³/mol. The zero-order valence-electron chi connectivity index (χ0n) is 12.3. The summed E-state index contributed by atoms with van der Waals surface area (Å²) in [6.45, 7) is 8.30. The maximum Gasteiger partial charge on any atom is 0.152 e. The summed E-state index contributed by atoms with van der Waals surface area (Å²) in [5.74, 6) is 0.233. The van der Waals surface area contributed by atoms with Gasteiger partial charge in [-0.2, -0.15) is 0 Å². The second kappa shape index (κ2) is 6.06. The van der Waals surface area contributed by atoms with E-state index in [2.05, 4.69) is 20.8 Å². The van der Waals surface area contributed by atoms with Crippen LogP contribution in [-0.4, -0.2) is 19.9 Å². The third-order valence-electron chi connectivity index (χ3n) is 3.15. The molecular formula is C15H25NO2S. The van der Waals surface area contributed by atoms with Crippen LogP contribution < -0.4 is 5.73 Å². The molecule has 108 valence electrons. The summed E-state index contributed by atoms with van der Waals surface area (Å²) in [7, 11) is -3.04. The van der Waals surface area contributed by atoms with E-state index in [0.717, 1.165) is 5.56 Å². The number of nitrogens with two attached hydrogens (primary N) is 1. The van der Waals surface area contributed by atoms with Gasteiger partial charge in [-0.25, -0.2) is 8.42 Å². The predicted octanol–water partition coefficient (Wildman–Crippen LogP) is 2.81. The Bertz CT molecular complexity index is 498. The molecule has 1 unspecified atom stereocenters. The van der Waals surface area contributed by atoms with E-state index < -0.39 is 15.9 Å². The van der Waals surface area contributed by atoms with E-state index in [1.54, 1.807) is 0 Å². The molecule has 0 aliphatic heterocycles. The van der Waals surface area contributed by atoms with Crippen LogP contribution in [0.25, 0.3) is 0 Å². The monoisotopic (exact) mass is 283 g/mol. The van der Waals surface area contributed by atoms with Crippen molar-refractivity contribution in [3.63, 3.8) is 0 Å². The van der Waals surface area contributed by atoms with Crippen molar-refractivity contribution in [2.75, 3.05) is 11.5 Å². The molecule has 0 saturated heterocycles. The summed E-state index contributed by atoms with van der Waals surface area (Å²) in [4.78, 5) is 0. The van der Waals surface area contributed by atoms with E-state index >= 15 is 0 Å². The molecule has 0 aliphatic rings. The van der Waals surface area contributed by atoms with Gasteiger partial charge in [0.2, 0.25) is 0 Å². The van der Waals surface area contributed by atoms with Crippen LogP contribution in [0.1, 0.15) is 51.3 Å². The fourth-order valence-electron chi connectivity index (χ4n) is 1.99. The molecule has 0 saturated carbocycles. The van der Waals surface area contributed by atoms with Crippen LogP contribution in [0.15, 0.2) is 24.3 Å². The van der Waals surface area contributed by atoms with Crippen molar-refractivity contribution in [1.29, 1.82) is 0 Å². The Balaban J connectivity index is 2.82. The second-order valence-corrected chi connectivity index (χ2v) is 8.32. The molecular weight excluding hydrogens is 258 g/mol. The Kier molecular flexibility index (Phi) is 5.16. The maximum atomic E-state index is 11.8. The fourth-order valence-corrected chi connectivity index (χ4v) is 3.52. The molecule has 0 heterocycles.